The van der Waals surface area contributed by atoms with Crippen LogP contribution in [0.5, 0.6) is 0 Å². The number of sulfonamides is 1. The summed E-state index contributed by atoms with van der Waals surface area (Å²) in [4.78, 5) is 0. The summed E-state index contributed by atoms with van der Waals surface area (Å²) >= 11 is 0. The Morgan fingerprint density at radius 2 is 2.08 bits per heavy atom. The first-order valence-electron chi connectivity index (χ1n) is 4.21. The van der Waals surface area contributed by atoms with Crippen molar-refractivity contribution in [2.75, 3.05) is 19.3 Å². The molecule has 2 N–H and O–H groups in total. The van der Waals surface area contributed by atoms with Gasteiger partial charge in [-0.3, -0.25) is 0 Å². The maximum Gasteiger partial charge on any atom is 0.211 e. The predicted octanol–water partition coefficient (Wildman–Crippen LogP) is -0.241. The average molecular weight is 192 g/mol. The minimum atomic E-state index is -3.03. The van der Waals surface area contributed by atoms with E-state index in [0.29, 0.717) is 13.1 Å². The van der Waals surface area contributed by atoms with Crippen LogP contribution in [-0.2, 0) is 10.0 Å². The molecule has 1 atom stereocenters. The van der Waals surface area contributed by atoms with Gasteiger partial charge in [0, 0.05) is 19.1 Å². The van der Waals surface area contributed by atoms with Crippen molar-refractivity contribution in [1.29, 1.82) is 0 Å². The van der Waals surface area contributed by atoms with Gasteiger partial charge in [0.1, 0.15) is 0 Å². The lowest BCUT2D eigenvalue weighted by molar-refractivity contribution is 0.409. The molecular weight excluding hydrogens is 176 g/mol. The molecule has 72 valence electrons. The molecule has 4 nitrogen and oxygen atoms in total. The normalized spacial score (nSPS) is 28.3. The van der Waals surface area contributed by atoms with E-state index in [-0.39, 0.29) is 6.04 Å². The molecule has 1 aliphatic heterocycles. The Bertz CT molecular complexity index is 238. The molecule has 1 saturated heterocycles. The maximum atomic E-state index is 11.2. The van der Waals surface area contributed by atoms with Gasteiger partial charge in [-0.15, -0.1) is 0 Å². The topological polar surface area (TPSA) is 63.4 Å². The van der Waals surface area contributed by atoms with Gasteiger partial charge in [0.2, 0.25) is 10.0 Å². The molecule has 0 aromatic carbocycles. The second-order valence-corrected chi connectivity index (χ2v) is 5.36. The Morgan fingerprint density at radius 1 is 1.42 bits per heavy atom. The molecule has 12 heavy (non-hydrogen) atoms. The van der Waals surface area contributed by atoms with E-state index in [9.17, 15) is 8.42 Å². The lowest BCUT2D eigenvalue weighted by atomic mass is 10.2. The monoisotopic (exact) mass is 192 g/mol. The highest BCUT2D eigenvalue weighted by molar-refractivity contribution is 7.88. The Hall–Kier alpha value is -0.130. The van der Waals surface area contributed by atoms with Gasteiger partial charge in [-0.05, 0) is 12.8 Å². The molecule has 1 rings (SSSR count). The molecule has 0 spiro atoms. The molecule has 0 saturated carbocycles. The minimum Gasteiger partial charge on any atom is -0.327 e. The number of hydrogen-bond donors (Lipinski definition) is 1. The third-order valence-corrected chi connectivity index (χ3v) is 3.41. The second-order valence-electron chi connectivity index (χ2n) is 3.38. The van der Waals surface area contributed by atoms with Crippen LogP contribution in [0.25, 0.3) is 0 Å². The van der Waals surface area contributed by atoms with E-state index in [0.717, 1.165) is 19.3 Å². The fourth-order valence-electron chi connectivity index (χ4n) is 1.44. The molecule has 0 aromatic rings. The molecule has 5 heteroatoms. The van der Waals surface area contributed by atoms with E-state index in [1.165, 1.54) is 10.6 Å². The van der Waals surface area contributed by atoms with Gasteiger partial charge < -0.3 is 5.73 Å². The van der Waals surface area contributed by atoms with Crippen molar-refractivity contribution in [3.63, 3.8) is 0 Å². The summed E-state index contributed by atoms with van der Waals surface area (Å²) in [5.74, 6) is 0. The molecule has 1 fully saturated rings. The number of rotatable bonds is 1. The van der Waals surface area contributed by atoms with E-state index >= 15 is 0 Å². The molecule has 1 unspecified atom stereocenters. The largest absolute Gasteiger partial charge is 0.327 e. The van der Waals surface area contributed by atoms with Crippen LogP contribution in [0.2, 0.25) is 0 Å². The van der Waals surface area contributed by atoms with Gasteiger partial charge in [0.25, 0.3) is 0 Å². The van der Waals surface area contributed by atoms with Gasteiger partial charge >= 0.3 is 0 Å². The summed E-state index contributed by atoms with van der Waals surface area (Å²) in [6.45, 7) is 1.12. The fraction of sp³-hybridized carbons (Fsp3) is 1.00. The Kier molecular flexibility index (Phi) is 3.09. The van der Waals surface area contributed by atoms with Crippen molar-refractivity contribution in [1.82, 2.24) is 4.31 Å². The second kappa shape index (κ2) is 3.72. The van der Waals surface area contributed by atoms with Crippen LogP contribution in [0.4, 0.5) is 0 Å². The summed E-state index contributed by atoms with van der Waals surface area (Å²) in [7, 11) is -3.03. The van der Waals surface area contributed by atoms with Gasteiger partial charge in [0.05, 0.1) is 6.26 Å². The first-order chi connectivity index (χ1) is 5.50. The summed E-state index contributed by atoms with van der Waals surface area (Å²) in [5, 5.41) is 0. The SMILES string of the molecule is CS(=O)(=O)N1CCCCC(N)C1. The van der Waals surface area contributed by atoms with Crippen LogP contribution < -0.4 is 5.73 Å². The highest BCUT2D eigenvalue weighted by Gasteiger charge is 2.21. The lowest BCUT2D eigenvalue weighted by Crippen LogP contribution is -2.39. The Balaban J connectivity index is 2.65. The highest BCUT2D eigenvalue weighted by atomic mass is 32.2. The van der Waals surface area contributed by atoms with Crippen molar-refractivity contribution in [3.8, 4) is 0 Å². The van der Waals surface area contributed by atoms with E-state index in [4.69, 9.17) is 5.73 Å². The molecule has 0 aromatic heterocycles. The van der Waals surface area contributed by atoms with Crippen molar-refractivity contribution in [2.45, 2.75) is 25.3 Å². The Labute approximate surface area is 73.8 Å². The van der Waals surface area contributed by atoms with Crippen LogP contribution >= 0.6 is 0 Å². The molecule has 0 bridgehead atoms. The molecule has 0 amide bonds. The third kappa shape index (κ3) is 2.73. The Morgan fingerprint density at radius 3 is 2.67 bits per heavy atom. The van der Waals surface area contributed by atoms with Crippen molar-refractivity contribution >= 4 is 10.0 Å². The predicted molar refractivity (Wildman–Crippen MR) is 48.2 cm³/mol. The first kappa shape index (κ1) is 9.95. The zero-order valence-corrected chi connectivity index (χ0v) is 8.18. The van der Waals surface area contributed by atoms with E-state index in [1.54, 1.807) is 0 Å². The van der Waals surface area contributed by atoms with Gasteiger partial charge in [-0.2, -0.15) is 0 Å². The van der Waals surface area contributed by atoms with E-state index < -0.39 is 10.0 Å². The minimum absolute atomic E-state index is 0.0159. The third-order valence-electron chi connectivity index (χ3n) is 2.14. The van der Waals surface area contributed by atoms with Crippen molar-refractivity contribution < 1.29 is 8.42 Å². The quantitative estimate of drug-likeness (QED) is 0.623. The lowest BCUT2D eigenvalue weighted by Gasteiger charge is -2.19. The number of hydrogen-bond acceptors (Lipinski definition) is 3. The van der Waals surface area contributed by atoms with Crippen LogP contribution in [0.15, 0.2) is 0 Å². The molecule has 1 heterocycles. The maximum absolute atomic E-state index is 11.2. The van der Waals surface area contributed by atoms with Crippen LogP contribution in [0.3, 0.4) is 0 Å². The number of nitrogens with two attached hydrogens (primary N) is 1. The van der Waals surface area contributed by atoms with Gasteiger partial charge in [-0.25, -0.2) is 12.7 Å². The average Bonchev–Trinajstić information content (AvgIpc) is 2.11. The first-order valence-corrected chi connectivity index (χ1v) is 6.05. The van der Waals surface area contributed by atoms with Crippen molar-refractivity contribution in [2.24, 2.45) is 5.73 Å². The van der Waals surface area contributed by atoms with E-state index in [2.05, 4.69) is 0 Å². The van der Waals surface area contributed by atoms with Crippen LogP contribution in [-0.4, -0.2) is 38.1 Å². The zero-order valence-electron chi connectivity index (χ0n) is 7.36. The smallest absolute Gasteiger partial charge is 0.211 e. The standard InChI is InChI=1S/C7H16N2O2S/c1-12(10,11)9-5-3-2-4-7(8)6-9/h7H,2-6,8H2,1H3. The fourth-order valence-corrected chi connectivity index (χ4v) is 2.36. The summed E-state index contributed by atoms with van der Waals surface area (Å²) < 4.78 is 23.8. The van der Waals surface area contributed by atoms with Crippen molar-refractivity contribution in [3.05, 3.63) is 0 Å². The summed E-state index contributed by atoms with van der Waals surface area (Å²) in [6.07, 6.45) is 4.14. The highest BCUT2D eigenvalue weighted by Crippen LogP contribution is 2.11. The summed E-state index contributed by atoms with van der Waals surface area (Å²) in [5.41, 5.74) is 5.72. The summed E-state index contributed by atoms with van der Waals surface area (Å²) in [6, 6.07) is 0.0159. The zero-order chi connectivity index (χ0) is 9.19. The van der Waals surface area contributed by atoms with E-state index in [1.807, 2.05) is 0 Å². The molecule has 1 aliphatic rings. The molecule has 0 radical (unpaired) electrons. The van der Waals surface area contributed by atoms with Gasteiger partial charge in [-0.1, -0.05) is 6.42 Å². The van der Waals surface area contributed by atoms with Crippen LogP contribution in [0, 0.1) is 0 Å². The molecular formula is C7H16N2O2S. The number of nitrogens with zero attached hydrogens (tertiary/aromatic N) is 1. The van der Waals surface area contributed by atoms with Gasteiger partial charge in [0.15, 0.2) is 0 Å². The molecule has 0 aliphatic carbocycles. The van der Waals surface area contributed by atoms with Crippen LogP contribution in [0.1, 0.15) is 19.3 Å².